The summed E-state index contributed by atoms with van der Waals surface area (Å²) in [5, 5.41) is 0.821. The predicted molar refractivity (Wildman–Crippen MR) is 89.1 cm³/mol. The van der Waals surface area contributed by atoms with Gasteiger partial charge in [-0.05, 0) is 37.6 Å². The highest BCUT2D eigenvalue weighted by molar-refractivity contribution is 5.95. The third-order valence-electron chi connectivity index (χ3n) is 4.20. The van der Waals surface area contributed by atoms with E-state index in [2.05, 4.69) is 4.98 Å². The Hall–Kier alpha value is -2.63. The maximum absolute atomic E-state index is 12.3. The lowest BCUT2D eigenvalue weighted by molar-refractivity contribution is -0.128. The van der Waals surface area contributed by atoms with Gasteiger partial charge in [-0.1, -0.05) is 0 Å². The lowest BCUT2D eigenvalue weighted by Gasteiger charge is -2.15. The highest BCUT2D eigenvalue weighted by Gasteiger charge is 2.20. The maximum atomic E-state index is 12.3. The van der Waals surface area contributed by atoms with Crippen LogP contribution in [0.4, 0.5) is 0 Å². The molecule has 1 saturated heterocycles. The van der Waals surface area contributed by atoms with Gasteiger partial charge in [0.05, 0.1) is 30.4 Å². The number of hydrogen-bond donors (Lipinski definition) is 0. The van der Waals surface area contributed by atoms with Crippen molar-refractivity contribution >= 4 is 22.8 Å². The summed E-state index contributed by atoms with van der Waals surface area (Å²) in [5.41, 5.74) is 1.85. The molecule has 0 bridgehead atoms. The molecule has 2 heterocycles. The number of pyridine rings is 1. The summed E-state index contributed by atoms with van der Waals surface area (Å²) >= 11 is 0. The minimum absolute atomic E-state index is 0.127. The molecule has 0 aliphatic carbocycles. The van der Waals surface area contributed by atoms with E-state index >= 15 is 0 Å². The predicted octanol–water partition coefficient (Wildman–Crippen LogP) is 2.33. The standard InChI is InChI=1S/C18H20N2O4/c1-12-15(11-13-10-14(23-2)5-6-16(13)19-12)18(22)24-9-8-20-7-3-4-17(20)21/h5-6,10-11H,3-4,7-9H2,1-2H3. The van der Waals surface area contributed by atoms with Crippen LogP contribution in [0, 0.1) is 6.92 Å². The molecule has 1 amide bonds. The molecule has 0 unspecified atom stereocenters. The molecule has 2 aromatic rings. The number of aromatic nitrogens is 1. The zero-order valence-corrected chi connectivity index (χ0v) is 13.9. The fourth-order valence-corrected chi connectivity index (χ4v) is 2.85. The van der Waals surface area contributed by atoms with E-state index < -0.39 is 5.97 Å². The number of rotatable bonds is 5. The van der Waals surface area contributed by atoms with Gasteiger partial charge in [-0.25, -0.2) is 4.79 Å². The van der Waals surface area contributed by atoms with Crippen LogP contribution >= 0.6 is 0 Å². The number of fused-ring (bicyclic) bond motifs is 1. The number of ether oxygens (including phenoxy) is 2. The quantitative estimate of drug-likeness (QED) is 0.788. The number of carbonyl (C=O) groups is 2. The van der Waals surface area contributed by atoms with Crippen LogP contribution < -0.4 is 4.74 Å². The summed E-state index contributed by atoms with van der Waals surface area (Å²) in [7, 11) is 1.59. The molecule has 0 spiro atoms. The second-order valence-corrected chi connectivity index (χ2v) is 5.80. The Labute approximate surface area is 140 Å². The first kappa shape index (κ1) is 16.2. The summed E-state index contributed by atoms with van der Waals surface area (Å²) in [5.74, 6) is 0.415. The summed E-state index contributed by atoms with van der Waals surface area (Å²) in [4.78, 5) is 30.0. The Morgan fingerprint density at radius 1 is 1.33 bits per heavy atom. The van der Waals surface area contributed by atoms with Gasteiger partial charge in [0, 0.05) is 18.4 Å². The van der Waals surface area contributed by atoms with Gasteiger partial charge in [0.15, 0.2) is 0 Å². The Morgan fingerprint density at radius 3 is 2.88 bits per heavy atom. The molecule has 0 atom stereocenters. The number of aryl methyl sites for hydroxylation is 1. The SMILES string of the molecule is COc1ccc2nc(C)c(C(=O)OCCN3CCCC3=O)cc2c1. The third kappa shape index (κ3) is 3.32. The Bertz CT molecular complexity index is 788. The van der Waals surface area contributed by atoms with Crippen LogP contribution in [0.25, 0.3) is 10.9 Å². The monoisotopic (exact) mass is 328 g/mol. The number of hydrogen-bond acceptors (Lipinski definition) is 5. The van der Waals surface area contributed by atoms with Crippen LogP contribution in [0.1, 0.15) is 28.9 Å². The largest absolute Gasteiger partial charge is 0.497 e. The van der Waals surface area contributed by atoms with Gasteiger partial charge in [-0.15, -0.1) is 0 Å². The van der Waals surface area contributed by atoms with Crippen molar-refractivity contribution in [2.75, 3.05) is 26.8 Å². The molecule has 0 saturated carbocycles. The van der Waals surface area contributed by atoms with E-state index in [9.17, 15) is 9.59 Å². The first-order valence-electron chi connectivity index (χ1n) is 7.99. The van der Waals surface area contributed by atoms with Crippen molar-refractivity contribution < 1.29 is 19.1 Å². The molecule has 1 aromatic heterocycles. The van der Waals surface area contributed by atoms with Crippen LogP contribution in [0.2, 0.25) is 0 Å². The Kier molecular flexibility index (Phi) is 4.64. The van der Waals surface area contributed by atoms with Crippen molar-refractivity contribution in [3.8, 4) is 5.75 Å². The molecule has 1 aromatic carbocycles. The number of methoxy groups -OCH3 is 1. The fraction of sp³-hybridized carbons (Fsp3) is 0.389. The number of esters is 1. The average molecular weight is 328 g/mol. The van der Waals surface area contributed by atoms with Gasteiger partial charge in [-0.2, -0.15) is 0 Å². The minimum Gasteiger partial charge on any atom is -0.497 e. The molecule has 0 N–H and O–H groups in total. The van der Waals surface area contributed by atoms with Crippen LogP contribution in [-0.2, 0) is 9.53 Å². The second kappa shape index (κ2) is 6.86. The van der Waals surface area contributed by atoms with Gasteiger partial charge >= 0.3 is 5.97 Å². The third-order valence-corrected chi connectivity index (χ3v) is 4.20. The van der Waals surface area contributed by atoms with Gasteiger partial charge in [0.25, 0.3) is 0 Å². The van der Waals surface area contributed by atoms with Crippen molar-refractivity contribution in [1.82, 2.24) is 9.88 Å². The van der Waals surface area contributed by atoms with Gasteiger partial charge in [0.2, 0.25) is 5.91 Å². The van der Waals surface area contributed by atoms with E-state index in [0.717, 1.165) is 23.9 Å². The molecule has 1 aliphatic heterocycles. The molecule has 1 aliphatic rings. The van der Waals surface area contributed by atoms with Crippen molar-refractivity contribution in [2.45, 2.75) is 19.8 Å². The normalized spacial score (nSPS) is 14.2. The summed E-state index contributed by atoms with van der Waals surface area (Å²) < 4.78 is 10.5. The molecule has 24 heavy (non-hydrogen) atoms. The highest BCUT2D eigenvalue weighted by Crippen LogP contribution is 2.22. The van der Waals surface area contributed by atoms with E-state index in [1.165, 1.54) is 0 Å². The van der Waals surface area contributed by atoms with Gasteiger partial charge < -0.3 is 14.4 Å². The molecular weight excluding hydrogens is 308 g/mol. The molecule has 0 radical (unpaired) electrons. The van der Waals surface area contributed by atoms with E-state index in [0.29, 0.717) is 30.0 Å². The number of carbonyl (C=O) groups excluding carboxylic acids is 2. The Balaban J connectivity index is 1.71. The number of benzene rings is 1. The first-order chi connectivity index (χ1) is 11.6. The number of nitrogens with zero attached hydrogens (tertiary/aromatic N) is 2. The average Bonchev–Trinajstić information content (AvgIpc) is 2.99. The number of likely N-dealkylation sites (tertiary alicyclic amines) is 1. The van der Waals surface area contributed by atoms with E-state index in [1.54, 1.807) is 25.0 Å². The van der Waals surface area contributed by atoms with Gasteiger partial charge in [-0.3, -0.25) is 9.78 Å². The van der Waals surface area contributed by atoms with Crippen molar-refractivity contribution in [3.05, 3.63) is 35.5 Å². The van der Waals surface area contributed by atoms with Crippen LogP contribution in [0.15, 0.2) is 24.3 Å². The second-order valence-electron chi connectivity index (χ2n) is 5.80. The van der Waals surface area contributed by atoms with Crippen molar-refractivity contribution in [2.24, 2.45) is 0 Å². The molecule has 6 heteroatoms. The van der Waals surface area contributed by atoms with E-state index in [1.807, 2.05) is 18.2 Å². The van der Waals surface area contributed by atoms with Crippen LogP contribution in [0.3, 0.4) is 0 Å². The molecular formula is C18H20N2O4. The Morgan fingerprint density at radius 2 is 2.17 bits per heavy atom. The lowest BCUT2D eigenvalue weighted by atomic mass is 10.1. The lowest BCUT2D eigenvalue weighted by Crippen LogP contribution is -2.29. The molecule has 3 rings (SSSR count). The molecule has 1 fully saturated rings. The fourth-order valence-electron chi connectivity index (χ4n) is 2.85. The van der Waals surface area contributed by atoms with Crippen molar-refractivity contribution in [1.29, 1.82) is 0 Å². The number of amides is 1. The van der Waals surface area contributed by atoms with Gasteiger partial charge in [0.1, 0.15) is 12.4 Å². The van der Waals surface area contributed by atoms with Crippen LogP contribution in [0.5, 0.6) is 5.75 Å². The van der Waals surface area contributed by atoms with Crippen molar-refractivity contribution in [3.63, 3.8) is 0 Å². The smallest absolute Gasteiger partial charge is 0.340 e. The first-order valence-corrected chi connectivity index (χ1v) is 7.99. The molecule has 6 nitrogen and oxygen atoms in total. The summed E-state index contributed by atoms with van der Waals surface area (Å²) in [6.45, 7) is 3.16. The minimum atomic E-state index is -0.420. The topological polar surface area (TPSA) is 68.7 Å². The summed E-state index contributed by atoms with van der Waals surface area (Å²) in [6.07, 6.45) is 1.46. The maximum Gasteiger partial charge on any atom is 0.340 e. The molecule has 126 valence electrons. The van der Waals surface area contributed by atoms with Crippen LogP contribution in [-0.4, -0.2) is 48.6 Å². The highest BCUT2D eigenvalue weighted by atomic mass is 16.5. The van der Waals surface area contributed by atoms with E-state index in [-0.39, 0.29) is 12.5 Å². The zero-order valence-electron chi connectivity index (χ0n) is 13.9. The zero-order chi connectivity index (χ0) is 17.1. The van der Waals surface area contributed by atoms with E-state index in [4.69, 9.17) is 9.47 Å². The summed E-state index contributed by atoms with van der Waals surface area (Å²) in [6, 6.07) is 7.29.